The van der Waals surface area contributed by atoms with Crippen LogP contribution < -0.4 is 0 Å². The van der Waals surface area contributed by atoms with E-state index in [-0.39, 0.29) is 12.2 Å². The van der Waals surface area contributed by atoms with Gasteiger partial charge in [-0.1, -0.05) is 0 Å². The number of halogens is 1. The largest absolute Gasteiger partial charge is 0.481 e. The van der Waals surface area contributed by atoms with Crippen LogP contribution in [0.25, 0.3) is 16.9 Å². The lowest BCUT2D eigenvalue weighted by Gasteiger charge is -2.14. The molecule has 5 nitrogen and oxygen atoms in total. The number of hydrogen-bond acceptors (Lipinski definition) is 3. The molecule has 0 bridgehead atoms. The highest BCUT2D eigenvalue weighted by atomic mass is 19.1. The van der Waals surface area contributed by atoms with Crippen molar-refractivity contribution >= 4 is 11.9 Å². The summed E-state index contributed by atoms with van der Waals surface area (Å²) in [5.74, 6) is -1.64. The van der Waals surface area contributed by atoms with Crippen molar-refractivity contribution in [1.82, 2.24) is 4.57 Å². The molecule has 0 saturated carbocycles. The number of methoxy groups -OCH3 is 1. The zero-order chi connectivity index (χ0) is 19.4. The number of hydrogen-bond donors (Lipinski definition) is 1. The van der Waals surface area contributed by atoms with Gasteiger partial charge in [0.25, 0.3) is 0 Å². The third kappa shape index (κ3) is 4.06. The number of carboxylic acid groups (broad SMARTS) is 1. The predicted molar refractivity (Wildman–Crippen MR) is 98.5 cm³/mol. The fraction of sp³-hybridized carbons (Fsp3) is 0.143. The van der Waals surface area contributed by atoms with Crippen molar-refractivity contribution < 1.29 is 23.8 Å². The summed E-state index contributed by atoms with van der Waals surface area (Å²) in [4.78, 5) is 22.6. The Morgan fingerprint density at radius 2 is 1.67 bits per heavy atom. The van der Waals surface area contributed by atoms with Crippen LogP contribution in [0.3, 0.4) is 0 Å². The highest BCUT2D eigenvalue weighted by Gasteiger charge is 2.14. The van der Waals surface area contributed by atoms with Gasteiger partial charge in [0.05, 0.1) is 24.8 Å². The number of carbonyl (C=O) groups is 2. The second kappa shape index (κ2) is 7.86. The topological polar surface area (TPSA) is 68.5 Å². The summed E-state index contributed by atoms with van der Waals surface area (Å²) in [7, 11) is 1.32. The summed E-state index contributed by atoms with van der Waals surface area (Å²) in [5.41, 5.74) is 3.61. The van der Waals surface area contributed by atoms with Crippen LogP contribution in [-0.4, -0.2) is 28.7 Å². The summed E-state index contributed by atoms with van der Waals surface area (Å²) < 4.78 is 19.9. The minimum absolute atomic E-state index is 0.00683. The van der Waals surface area contributed by atoms with E-state index in [0.29, 0.717) is 12.0 Å². The van der Waals surface area contributed by atoms with E-state index in [4.69, 9.17) is 9.84 Å². The molecule has 1 N–H and O–H groups in total. The molecule has 1 aromatic heterocycles. The second-order valence-electron chi connectivity index (χ2n) is 5.98. The average molecular weight is 367 g/mol. The quantitative estimate of drug-likeness (QED) is 0.667. The van der Waals surface area contributed by atoms with Crippen LogP contribution >= 0.6 is 0 Å². The molecule has 0 fully saturated rings. The standard InChI is InChI=1S/C21H18FNO4/c1-27-21(26)15-4-8-17(9-5-15)23-18(11-13-20(24)25)10-12-19(23)14-2-6-16(22)7-3-14/h2-10,12H,11,13H2,1H3,(H,24,25). The highest BCUT2D eigenvalue weighted by molar-refractivity contribution is 5.89. The van der Waals surface area contributed by atoms with E-state index in [2.05, 4.69) is 0 Å². The Kier molecular flexibility index (Phi) is 5.35. The maximum Gasteiger partial charge on any atom is 0.337 e. The third-order valence-electron chi connectivity index (χ3n) is 4.24. The van der Waals surface area contributed by atoms with E-state index in [1.54, 1.807) is 36.4 Å². The van der Waals surface area contributed by atoms with E-state index >= 15 is 0 Å². The van der Waals surface area contributed by atoms with E-state index in [1.807, 2.05) is 16.7 Å². The second-order valence-corrected chi connectivity index (χ2v) is 5.98. The van der Waals surface area contributed by atoms with Crippen LogP contribution in [0, 0.1) is 5.82 Å². The molecule has 0 radical (unpaired) electrons. The summed E-state index contributed by atoms with van der Waals surface area (Å²) in [5, 5.41) is 9.01. The molecule has 0 saturated heterocycles. The normalized spacial score (nSPS) is 10.6. The minimum Gasteiger partial charge on any atom is -0.481 e. The molecule has 1 heterocycles. The van der Waals surface area contributed by atoms with Gasteiger partial charge in [0.2, 0.25) is 0 Å². The van der Waals surface area contributed by atoms with Crippen LogP contribution in [0.1, 0.15) is 22.5 Å². The Bertz CT molecular complexity index is 959. The lowest BCUT2D eigenvalue weighted by atomic mass is 10.1. The first-order chi connectivity index (χ1) is 13.0. The number of benzene rings is 2. The summed E-state index contributed by atoms with van der Waals surface area (Å²) in [6, 6.07) is 16.7. The van der Waals surface area contributed by atoms with Gasteiger partial charge < -0.3 is 14.4 Å². The maximum atomic E-state index is 13.3. The van der Waals surface area contributed by atoms with Crippen molar-refractivity contribution in [3.63, 3.8) is 0 Å². The van der Waals surface area contributed by atoms with Crippen molar-refractivity contribution in [1.29, 1.82) is 0 Å². The molecule has 0 aliphatic rings. The zero-order valence-corrected chi connectivity index (χ0v) is 14.7. The Balaban J connectivity index is 2.06. The number of aliphatic carboxylic acids is 1. The van der Waals surface area contributed by atoms with Crippen LogP contribution in [0.2, 0.25) is 0 Å². The molecule has 0 aliphatic heterocycles. The fourth-order valence-corrected chi connectivity index (χ4v) is 2.92. The first-order valence-corrected chi connectivity index (χ1v) is 8.36. The van der Waals surface area contributed by atoms with Crippen molar-refractivity contribution in [3.8, 4) is 16.9 Å². The van der Waals surface area contributed by atoms with Crippen molar-refractivity contribution in [2.24, 2.45) is 0 Å². The molecule has 27 heavy (non-hydrogen) atoms. The average Bonchev–Trinajstić information content (AvgIpc) is 3.10. The summed E-state index contributed by atoms with van der Waals surface area (Å²) >= 11 is 0. The summed E-state index contributed by atoms with van der Waals surface area (Å²) in [6.07, 6.45) is 0.336. The van der Waals surface area contributed by atoms with Gasteiger partial charge in [0.15, 0.2) is 0 Å². The number of aryl methyl sites for hydroxylation is 1. The molecule has 0 aliphatic carbocycles. The maximum absolute atomic E-state index is 13.3. The van der Waals surface area contributed by atoms with E-state index in [9.17, 15) is 14.0 Å². The molecular formula is C21H18FNO4. The van der Waals surface area contributed by atoms with E-state index < -0.39 is 11.9 Å². The lowest BCUT2D eigenvalue weighted by Crippen LogP contribution is -2.06. The molecule has 0 spiro atoms. The highest BCUT2D eigenvalue weighted by Crippen LogP contribution is 2.28. The number of ether oxygens (including phenoxy) is 1. The van der Waals surface area contributed by atoms with Gasteiger partial charge in [-0.05, 0) is 72.6 Å². The Labute approximate surface area is 155 Å². The van der Waals surface area contributed by atoms with Crippen LogP contribution in [-0.2, 0) is 16.0 Å². The van der Waals surface area contributed by atoms with E-state index in [0.717, 1.165) is 22.6 Å². The molecule has 0 atom stereocenters. The number of aromatic nitrogens is 1. The third-order valence-corrected chi connectivity index (χ3v) is 4.24. The van der Waals surface area contributed by atoms with E-state index in [1.165, 1.54) is 19.2 Å². The van der Waals surface area contributed by atoms with Crippen molar-refractivity contribution in [2.45, 2.75) is 12.8 Å². The Morgan fingerprint density at radius 1 is 1.00 bits per heavy atom. The van der Waals surface area contributed by atoms with Gasteiger partial charge in [0.1, 0.15) is 5.82 Å². The number of carboxylic acids is 1. The minimum atomic E-state index is -0.882. The molecule has 0 unspecified atom stereocenters. The lowest BCUT2D eigenvalue weighted by molar-refractivity contribution is -0.136. The van der Waals surface area contributed by atoms with Gasteiger partial charge >= 0.3 is 11.9 Å². The molecule has 6 heteroatoms. The van der Waals surface area contributed by atoms with Crippen LogP contribution in [0.5, 0.6) is 0 Å². The number of carbonyl (C=O) groups excluding carboxylic acids is 1. The van der Waals surface area contributed by atoms with Gasteiger partial charge in [0, 0.05) is 11.4 Å². The number of rotatable bonds is 6. The van der Waals surface area contributed by atoms with Crippen LogP contribution in [0.15, 0.2) is 60.7 Å². The predicted octanol–water partition coefficient (Wildman–Crippen LogP) is 4.09. The fourth-order valence-electron chi connectivity index (χ4n) is 2.92. The first-order valence-electron chi connectivity index (χ1n) is 8.36. The molecule has 0 amide bonds. The van der Waals surface area contributed by atoms with Gasteiger partial charge in [-0.3, -0.25) is 4.79 Å². The van der Waals surface area contributed by atoms with Gasteiger partial charge in [-0.2, -0.15) is 0 Å². The number of nitrogens with zero attached hydrogens (tertiary/aromatic N) is 1. The van der Waals surface area contributed by atoms with Gasteiger partial charge in [-0.25, -0.2) is 9.18 Å². The monoisotopic (exact) mass is 367 g/mol. The molecule has 2 aromatic carbocycles. The van der Waals surface area contributed by atoms with Crippen LogP contribution in [0.4, 0.5) is 4.39 Å². The van der Waals surface area contributed by atoms with Crippen molar-refractivity contribution in [3.05, 3.63) is 77.7 Å². The first kappa shape index (κ1) is 18.4. The Morgan fingerprint density at radius 3 is 2.26 bits per heavy atom. The molecule has 3 rings (SSSR count). The van der Waals surface area contributed by atoms with Crippen molar-refractivity contribution in [2.75, 3.05) is 7.11 Å². The number of esters is 1. The molecular weight excluding hydrogens is 349 g/mol. The van der Waals surface area contributed by atoms with Gasteiger partial charge in [-0.15, -0.1) is 0 Å². The molecule has 3 aromatic rings. The zero-order valence-electron chi connectivity index (χ0n) is 14.7. The Hall–Kier alpha value is -3.41. The smallest absolute Gasteiger partial charge is 0.337 e. The summed E-state index contributed by atoms with van der Waals surface area (Å²) in [6.45, 7) is 0. The molecule has 138 valence electrons. The SMILES string of the molecule is COC(=O)c1ccc(-n2c(CCC(=O)O)ccc2-c2ccc(F)cc2)cc1.